The lowest BCUT2D eigenvalue weighted by Gasteiger charge is -2.15. The van der Waals surface area contributed by atoms with Crippen LogP contribution in [0.3, 0.4) is 0 Å². The second-order valence-corrected chi connectivity index (χ2v) is 8.36. The highest BCUT2D eigenvalue weighted by Crippen LogP contribution is 2.32. The molecule has 0 bridgehead atoms. The SMILES string of the molecule is Cc1onc(-c2ccccc2Cl)c1C(=O)Nc1cccc(-c2ccc(N3CCCC3)nn2)c1. The molecule has 0 spiro atoms. The lowest BCUT2D eigenvalue weighted by atomic mass is 10.1. The van der Waals surface area contributed by atoms with E-state index in [0.29, 0.717) is 33.3 Å². The van der Waals surface area contributed by atoms with E-state index in [-0.39, 0.29) is 5.91 Å². The molecule has 0 aliphatic carbocycles. The zero-order valence-electron chi connectivity index (χ0n) is 18.1. The van der Waals surface area contributed by atoms with Crippen molar-refractivity contribution < 1.29 is 9.32 Å². The highest BCUT2D eigenvalue weighted by molar-refractivity contribution is 6.33. The summed E-state index contributed by atoms with van der Waals surface area (Å²) in [5, 5.41) is 16.3. The fourth-order valence-electron chi connectivity index (χ4n) is 4.02. The van der Waals surface area contributed by atoms with Crippen LogP contribution in [0.4, 0.5) is 11.5 Å². The van der Waals surface area contributed by atoms with Crippen LogP contribution < -0.4 is 10.2 Å². The first kappa shape index (κ1) is 21.2. The Labute approximate surface area is 196 Å². The van der Waals surface area contributed by atoms with Crippen molar-refractivity contribution in [1.29, 1.82) is 0 Å². The maximum absolute atomic E-state index is 13.2. The first-order chi connectivity index (χ1) is 16.1. The van der Waals surface area contributed by atoms with Crippen molar-refractivity contribution in [2.24, 2.45) is 0 Å². The Morgan fingerprint density at radius 3 is 2.61 bits per heavy atom. The van der Waals surface area contributed by atoms with Crippen LogP contribution in [0.1, 0.15) is 29.0 Å². The third-order valence-corrected chi connectivity index (χ3v) is 6.05. The Bertz CT molecular complexity index is 1300. The summed E-state index contributed by atoms with van der Waals surface area (Å²) >= 11 is 6.32. The molecule has 1 aliphatic rings. The molecule has 2 aromatic heterocycles. The Balaban J connectivity index is 1.38. The molecule has 3 heterocycles. The summed E-state index contributed by atoms with van der Waals surface area (Å²) in [6.07, 6.45) is 2.38. The van der Waals surface area contributed by atoms with Gasteiger partial charge in [-0.15, -0.1) is 10.2 Å². The van der Waals surface area contributed by atoms with Crippen molar-refractivity contribution in [3.63, 3.8) is 0 Å². The quantitative estimate of drug-likeness (QED) is 0.417. The number of anilines is 2. The molecule has 5 rings (SSSR count). The van der Waals surface area contributed by atoms with Gasteiger partial charge in [0.1, 0.15) is 17.0 Å². The van der Waals surface area contributed by atoms with E-state index in [2.05, 4.69) is 25.6 Å². The van der Waals surface area contributed by atoms with Crippen LogP contribution in [0.2, 0.25) is 5.02 Å². The normalized spacial score (nSPS) is 13.3. The van der Waals surface area contributed by atoms with E-state index in [0.717, 1.165) is 30.2 Å². The van der Waals surface area contributed by atoms with E-state index in [4.69, 9.17) is 16.1 Å². The second kappa shape index (κ2) is 9.03. The van der Waals surface area contributed by atoms with Gasteiger partial charge in [-0.3, -0.25) is 4.79 Å². The van der Waals surface area contributed by atoms with E-state index in [1.165, 1.54) is 12.8 Å². The van der Waals surface area contributed by atoms with Gasteiger partial charge in [-0.2, -0.15) is 0 Å². The standard InChI is InChI=1S/C25H22ClN5O2/c1-16-23(24(30-33-16)19-9-2-3-10-20(19)26)25(32)27-18-8-6-7-17(15-18)21-11-12-22(29-28-21)31-13-4-5-14-31/h2-3,6-12,15H,4-5,13-14H2,1H3,(H,27,32). The maximum atomic E-state index is 13.2. The Kier molecular flexibility index (Phi) is 5.79. The Morgan fingerprint density at radius 1 is 1.03 bits per heavy atom. The average molecular weight is 460 g/mol. The van der Waals surface area contributed by atoms with Crippen LogP contribution in [0.15, 0.2) is 65.2 Å². The van der Waals surface area contributed by atoms with Gasteiger partial charge in [0.05, 0.1) is 10.7 Å². The van der Waals surface area contributed by atoms with Crippen LogP contribution in [-0.2, 0) is 0 Å². The van der Waals surface area contributed by atoms with Crippen molar-refractivity contribution in [2.75, 3.05) is 23.3 Å². The van der Waals surface area contributed by atoms with Gasteiger partial charge >= 0.3 is 0 Å². The summed E-state index contributed by atoms with van der Waals surface area (Å²) in [5.41, 5.74) is 3.64. The number of aryl methyl sites for hydroxylation is 1. The molecule has 1 aliphatic heterocycles. The van der Waals surface area contributed by atoms with E-state index in [1.807, 2.05) is 54.6 Å². The average Bonchev–Trinajstić information content (AvgIpc) is 3.50. The Morgan fingerprint density at radius 2 is 1.85 bits per heavy atom. The van der Waals surface area contributed by atoms with Crippen LogP contribution in [0.25, 0.3) is 22.5 Å². The van der Waals surface area contributed by atoms with Gasteiger partial charge < -0.3 is 14.7 Å². The molecule has 166 valence electrons. The number of halogens is 1. The largest absolute Gasteiger partial charge is 0.360 e. The number of benzene rings is 2. The van der Waals surface area contributed by atoms with Gasteiger partial charge in [-0.25, -0.2) is 0 Å². The molecule has 0 radical (unpaired) electrons. The molecule has 2 aromatic carbocycles. The number of nitrogens with one attached hydrogen (secondary N) is 1. The number of carbonyl (C=O) groups excluding carboxylic acids is 1. The molecular weight excluding hydrogens is 438 g/mol. The first-order valence-corrected chi connectivity index (χ1v) is 11.2. The highest BCUT2D eigenvalue weighted by Gasteiger charge is 2.23. The lowest BCUT2D eigenvalue weighted by Crippen LogP contribution is -2.19. The number of aromatic nitrogens is 3. The Hall–Kier alpha value is -3.71. The van der Waals surface area contributed by atoms with Crippen LogP contribution >= 0.6 is 11.6 Å². The van der Waals surface area contributed by atoms with Crippen molar-refractivity contribution in [2.45, 2.75) is 19.8 Å². The van der Waals surface area contributed by atoms with E-state index in [9.17, 15) is 4.79 Å². The zero-order chi connectivity index (χ0) is 22.8. The minimum Gasteiger partial charge on any atom is -0.360 e. The molecule has 8 heteroatoms. The molecule has 4 aromatic rings. The maximum Gasteiger partial charge on any atom is 0.261 e. The summed E-state index contributed by atoms with van der Waals surface area (Å²) in [5.74, 6) is 0.994. The van der Waals surface area contributed by atoms with Crippen molar-refractivity contribution in [1.82, 2.24) is 15.4 Å². The molecule has 7 nitrogen and oxygen atoms in total. The van der Waals surface area contributed by atoms with Gasteiger partial charge in [0.25, 0.3) is 5.91 Å². The lowest BCUT2D eigenvalue weighted by molar-refractivity contribution is 0.102. The third kappa shape index (κ3) is 4.32. The van der Waals surface area contributed by atoms with E-state index < -0.39 is 0 Å². The van der Waals surface area contributed by atoms with Gasteiger partial charge in [0, 0.05) is 29.9 Å². The van der Waals surface area contributed by atoms with E-state index >= 15 is 0 Å². The summed E-state index contributed by atoms with van der Waals surface area (Å²) in [6, 6.07) is 18.7. The van der Waals surface area contributed by atoms with Gasteiger partial charge in [-0.05, 0) is 50.1 Å². The van der Waals surface area contributed by atoms with E-state index in [1.54, 1.807) is 13.0 Å². The molecule has 0 saturated carbocycles. The van der Waals surface area contributed by atoms with Crippen LogP contribution in [0, 0.1) is 6.92 Å². The topological polar surface area (TPSA) is 84.2 Å². The fourth-order valence-corrected chi connectivity index (χ4v) is 4.25. The number of nitrogens with zero attached hydrogens (tertiary/aromatic N) is 4. The molecule has 33 heavy (non-hydrogen) atoms. The van der Waals surface area contributed by atoms with Gasteiger partial charge in [-0.1, -0.05) is 47.1 Å². The molecule has 1 N–H and O–H groups in total. The predicted molar refractivity (Wildman–Crippen MR) is 129 cm³/mol. The second-order valence-electron chi connectivity index (χ2n) is 7.95. The minimum atomic E-state index is -0.323. The number of amides is 1. The van der Waals surface area contributed by atoms with Gasteiger partial charge in [0.2, 0.25) is 0 Å². The highest BCUT2D eigenvalue weighted by atomic mass is 35.5. The molecule has 1 fully saturated rings. The molecular formula is C25H22ClN5O2. The fraction of sp³-hybridized carbons (Fsp3) is 0.200. The third-order valence-electron chi connectivity index (χ3n) is 5.72. The first-order valence-electron chi connectivity index (χ1n) is 10.8. The summed E-state index contributed by atoms with van der Waals surface area (Å²) < 4.78 is 5.32. The van der Waals surface area contributed by atoms with Crippen molar-refractivity contribution in [3.05, 3.63) is 77.0 Å². The van der Waals surface area contributed by atoms with Gasteiger partial charge in [0.15, 0.2) is 5.82 Å². The van der Waals surface area contributed by atoms with Crippen molar-refractivity contribution >= 4 is 29.0 Å². The summed E-state index contributed by atoms with van der Waals surface area (Å²) in [7, 11) is 0. The minimum absolute atomic E-state index is 0.323. The zero-order valence-corrected chi connectivity index (χ0v) is 18.8. The monoisotopic (exact) mass is 459 g/mol. The smallest absolute Gasteiger partial charge is 0.261 e. The number of hydrogen-bond donors (Lipinski definition) is 1. The van der Waals surface area contributed by atoms with Crippen molar-refractivity contribution in [3.8, 4) is 22.5 Å². The summed E-state index contributed by atoms with van der Waals surface area (Å²) in [4.78, 5) is 15.4. The summed E-state index contributed by atoms with van der Waals surface area (Å²) in [6.45, 7) is 3.75. The number of hydrogen-bond acceptors (Lipinski definition) is 6. The number of rotatable bonds is 5. The predicted octanol–water partition coefficient (Wildman–Crippen LogP) is 5.61. The molecule has 0 atom stereocenters. The molecule has 1 saturated heterocycles. The number of carbonyl (C=O) groups is 1. The van der Waals surface area contributed by atoms with Crippen LogP contribution in [-0.4, -0.2) is 34.4 Å². The van der Waals surface area contributed by atoms with Crippen LogP contribution in [0.5, 0.6) is 0 Å². The molecule has 1 amide bonds. The molecule has 0 unspecified atom stereocenters.